The van der Waals surface area contributed by atoms with Crippen LogP contribution in [0.25, 0.3) is 0 Å². The molecule has 2 saturated carbocycles. The van der Waals surface area contributed by atoms with Gasteiger partial charge in [-0.15, -0.1) is 0 Å². The smallest absolute Gasteiger partial charge is 0.124 e. The van der Waals surface area contributed by atoms with Crippen molar-refractivity contribution < 1.29 is 0 Å². The monoisotopic (exact) mass is 455 g/mol. The van der Waals surface area contributed by atoms with E-state index < -0.39 is 0 Å². The van der Waals surface area contributed by atoms with Crippen molar-refractivity contribution >= 4 is 30.6 Å². The lowest BCUT2D eigenvalue weighted by Crippen LogP contribution is -2.28. The highest BCUT2D eigenvalue weighted by molar-refractivity contribution is 7.76. The van der Waals surface area contributed by atoms with Gasteiger partial charge in [0.15, 0.2) is 0 Å². The molecule has 0 atom stereocenters. The zero-order valence-corrected chi connectivity index (χ0v) is 22.1. The van der Waals surface area contributed by atoms with Gasteiger partial charge in [-0.05, 0) is 102 Å². The van der Waals surface area contributed by atoms with E-state index in [-0.39, 0.29) is 7.92 Å². The van der Waals surface area contributed by atoms with E-state index in [1.54, 1.807) is 0 Å². The Balaban J connectivity index is 1.81. The number of nitrogens with zero attached hydrogens (tertiary/aromatic N) is 2. The summed E-state index contributed by atoms with van der Waals surface area (Å²) in [5, 5.41) is 3.85. The van der Waals surface area contributed by atoms with Crippen LogP contribution in [0.3, 0.4) is 0 Å². The molecule has 0 aromatic heterocycles. The zero-order chi connectivity index (χ0) is 22.9. The van der Waals surface area contributed by atoms with Crippen molar-refractivity contribution in [2.24, 2.45) is 15.9 Å². The summed E-state index contributed by atoms with van der Waals surface area (Å²) in [6.07, 6.45) is 15.2. The maximum Gasteiger partial charge on any atom is 0.124 e. The fourth-order valence-corrected chi connectivity index (χ4v) is 9.13. The molecule has 0 unspecified atom stereocenters. The Morgan fingerprint density at radius 2 is 1.41 bits per heavy atom. The van der Waals surface area contributed by atoms with Gasteiger partial charge < -0.3 is 5.32 Å². The highest BCUT2D eigenvalue weighted by Crippen LogP contribution is 2.56. The van der Waals surface area contributed by atoms with Crippen molar-refractivity contribution in [3.05, 3.63) is 24.3 Å². The molecule has 2 fully saturated rings. The first-order valence-electron chi connectivity index (χ1n) is 13.2. The first-order valence-corrected chi connectivity index (χ1v) is 14.7. The molecule has 1 aromatic rings. The summed E-state index contributed by atoms with van der Waals surface area (Å²) < 4.78 is 0. The molecule has 2 aliphatic carbocycles. The maximum atomic E-state index is 5.23. The summed E-state index contributed by atoms with van der Waals surface area (Å²) in [4.78, 5) is 10.0. The molecule has 1 aromatic carbocycles. The van der Waals surface area contributed by atoms with E-state index in [2.05, 4.69) is 64.2 Å². The van der Waals surface area contributed by atoms with Gasteiger partial charge in [-0.1, -0.05) is 52.4 Å². The van der Waals surface area contributed by atoms with Gasteiger partial charge in [0.25, 0.3) is 0 Å². The standard InChI is InChI=1S/C28H46N3P/c1-21(2)20-23(5)30-24-16-18-25(19-17-24)31-28(29-22(3)4)32(26-12-8-6-9-13-26)27-14-10-7-11-15-27/h16-19,21-22,26-27H,6-15,20H2,1-5H3,(H,29,31). The molecule has 2 aliphatic rings. The Hall–Kier alpha value is -1.21. The molecule has 0 bridgehead atoms. The Morgan fingerprint density at radius 3 is 1.88 bits per heavy atom. The summed E-state index contributed by atoms with van der Waals surface area (Å²) in [6, 6.07) is 9.04. The van der Waals surface area contributed by atoms with E-state index in [0.717, 1.165) is 23.4 Å². The molecule has 178 valence electrons. The van der Waals surface area contributed by atoms with Crippen LogP contribution in [0.15, 0.2) is 34.3 Å². The van der Waals surface area contributed by atoms with Crippen LogP contribution in [0.4, 0.5) is 11.4 Å². The van der Waals surface area contributed by atoms with E-state index in [1.165, 1.54) is 81.2 Å². The van der Waals surface area contributed by atoms with Crippen LogP contribution in [-0.2, 0) is 0 Å². The molecule has 0 saturated heterocycles. The largest absolute Gasteiger partial charge is 0.340 e. The van der Waals surface area contributed by atoms with E-state index in [4.69, 9.17) is 9.98 Å². The van der Waals surface area contributed by atoms with Crippen LogP contribution in [0.5, 0.6) is 0 Å². The summed E-state index contributed by atoms with van der Waals surface area (Å²) in [6.45, 7) is 11.1. The Labute approximate surface area is 198 Å². The van der Waals surface area contributed by atoms with Gasteiger partial charge in [0, 0.05) is 17.4 Å². The summed E-state index contributed by atoms with van der Waals surface area (Å²) in [5.74, 6) is 0.647. The molecule has 32 heavy (non-hydrogen) atoms. The van der Waals surface area contributed by atoms with Gasteiger partial charge in [-0.3, -0.25) is 9.98 Å². The molecule has 0 heterocycles. The number of hydrogen-bond acceptors (Lipinski definition) is 2. The zero-order valence-electron chi connectivity index (χ0n) is 21.2. The lowest BCUT2D eigenvalue weighted by molar-refractivity contribution is 0.487. The molecule has 0 radical (unpaired) electrons. The summed E-state index contributed by atoms with van der Waals surface area (Å²) in [7, 11) is -0.237. The maximum absolute atomic E-state index is 5.23. The normalized spacial score (nSPS) is 19.9. The second-order valence-electron chi connectivity index (χ2n) is 10.7. The van der Waals surface area contributed by atoms with E-state index in [0.29, 0.717) is 12.0 Å². The number of benzene rings is 1. The van der Waals surface area contributed by atoms with Crippen LogP contribution in [-0.4, -0.2) is 28.6 Å². The Morgan fingerprint density at radius 1 is 0.875 bits per heavy atom. The van der Waals surface area contributed by atoms with Crippen LogP contribution < -0.4 is 5.32 Å². The van der Waals surface area contributed by atoms with Crippen molar-refractivity contribution in [2.45, 2.75) is 123 Å². The molecular formula is C28H46N3P. The first-order chi connectivity index (χ1) is 15.4. The summed E-state index contributed by atoms with van der Waals surface area (Å²) >= 11 is 0. The van der Waals surface area contributed by atoms with Gasteiger partial charge in [0.2, 0.25) is 0 Å². The van der Waals surface area contributed by atoms with Gasteiger partial charge in [-0.25, -0.2) is 0 Å². The highest BCUT2D eigenvalue weighted by atomic mass is 31.1. The minimum atomic E-state index is -0.237. The van der Waals surface area contributed by atoms with Gasteiger partial charge >= 0.3 is 0 Å². The molecule has 3 nitrogen and oxygen atoms in total. The van der Waals surface area contributed by atoms with Crippen LogP contribution in [0.2, 0.25) is 0 Å². The minimum Gasteiger partial charge on any atom is -0.340 e. The Bertz CT molecular complexity index is 720. The highest BCUT2D eigenvalue weighted by Gasteiger charge is 2.35. The van der Waals surface area contributed by atoms with E-state index in [9.17, 15) is 0 Å². The lowest BCUT2D eigenvalue weighted by Gasteiger charge is -2.39. The summed E-state index contributed by atoms with van der Waals surface area (Å²) in [5.41, 5.74) is 6.47. The number of amidine groups is 1. The molecule has 0 amide bonds. The van der Waals surface area contributed by atoms with Crippen molar-refractivity contribution in [3.8, 4) is 0 Å². The molecule has 0 spiro atoms. The van der Waals surface area contributed by atoms with E-state index in [1.807, 2.05) is 0 Å². The fourth-order valence-electron chi connectivity index (χ4n) is 5.38. The second-order valence-corrected chi connectivity index (χ2v) is 13.4. The van der Waals surface area contributed by atoms with Gasteiger partial charge in [0.1, 0.15) is 5.58 Å². The third-order valence-electron chi connectivity index (χ3n) is 6.71. The topological polar surface area (TPSA) is 36.8 Å². The average Bonchev–Trinajstić information content (AvgIpc) is 2.76. The number of hydrogen-bond donors (Lipinski definition) is 1. The molecule has 4 heteroatoms. The quantitative estimate of drug-likeness (QED) is 0.237. The number of nitrogens with one attached hydrogen (secondary N) is 1. The lowest BCUT2D eigenvalue weighted by atomic mass is 9.99. The van der Waals surface area contributed by atoms with Gasteiger partial charge in [-0.2, -0.15) is 0 Å². The third-order valence-corrected chi connectivity index (χ3v) is 10.0. The Kier molecular flexibility index (Phi) is 10.2. The van der Waals surface area contributed by atoms with Gasteiger partial charge in [0.05, 0.1) is 5.69 Å². The van der Waals surface area contributed by atoms with Crippen LogP contribution in [0, 0.1) is 5.92 Å². The predicted molar refractivity (Wildman–Crippen MR) is 146 cm³/mol. The van der Waals surface area contributed by atoms with Crippen molar-refractivity contribution in [1.82, 2.24) is 0 Å². The van der Waals surface area contributed by atoms with Crippen molar-refractivity contribution in [1.29, 1.82) is 0 Å². The number of rotatable bonds is 8. The average molecular weight is 456 g/mol. The fraction of sp³-hybridized carbons (Fsp3) is 0.714. The molecular weight excluding hydrogens is 409 g/mol. The van der Waals surface area contributed by atoms with Crippen molar-refractivity contribution in [2.75, 3.05) is 5.32 Å². The molecule has 3 rings (SSSR count). The van der Waals surface area contributed by atoms with Crippen LogP contribution in [0.1, 0.15) is 105 Å². The van der Waals surface area contributed by atoms with E-state index >= 15 is 0 Å². The SMILES string of the molecule is CC(CC(C)C)=Nc1ccc(NC(=NC(C)C)P(C2CCCCC2)C2CCCCC2)cc1. The molecule has 0 aliphatic heterocycles. The predicted octanol–water partition coefficient (Wildman–Crippen LogP) is 9.15. The number of aliphatic imine (C=N–C) groups is 2. The van der Waals surface area contributed by atoms with Crippen molar-refractivity contribution in [3.63, 3.8) is 0 Å². The minimum absolute atomic E-state index is 0.237. The molecule has 1 N–H and O–H groups in total. The first kappa shape index (κ1) is 25.4. The second kappa shape index (κ2) is 12.9. The third kappa shape index (κ3) is 7.98. The number of anilines is 1. The van der Waals surface area contributed by atoms with Crippen LogP contribution >= 0.6 is 7.92 Å².